The zero-order valence-corrected chi connectivity index (χ0v) is 19.2. The number of aliphatic hydroxyl groups excluding tert-OH is 2. The number of benzene rings is 1. The first kappa shape index (κ1) is 23.8. The molecule has 5 atom stereocenters. The van der Waals surface area contributed by atoms with Gasteiger partial charge in [0.1, 0.15) is 24.3 Å². The van der Waals surface area contributed by atoms with Crippen molar-refractivity contribution < 1.29 is 24.5 Å². The lowest BCUT2D eigenvalue weighted by Gasteiger charge is -2.23. The van der Waals surface area contributed by atoms with E-state index in [0.717, 1.165) is 5.56 Å². The molecule has 34 heavy (non-hydrogen) atoms. The van der Waals surface area contributed by atoms with Gasteiger partial charge in [-0.05, 0) is 24.1 Å². The van der Waals surface area contributed by atoms with E-state index in [4.69, 9.17) is 15.2 Å². The molecular formula is C22H29N7O5. The Morgan fingerprint density at radius 3 is 2.68 bits per heavy atom. The number of nitrogens with two attached hydrogens (primary N) is 1. The third-order valence-corrected chi connectivity index (χ3v) is 5.85. The van der Waals surface area contributed by atoms with E-state index in [-0.39, 0.29) is 0 Å². The fourth-order valence-corrected chi connectivity index (χ4v) is 4.04. The van der Waals surface area contributed by atoms with Crippen LogP contribution in [0.25, 0.3) is 11.2 Å². The Bertz CT molecular complexity index is 1140. The van der Waals surface area contributed by atoms with Gasteiger partial charge in [-0.2, -0.15) is 0 Å². The fraction of sp³-hybridized carbons (Fsp3) is 0.455. The highest BCUT2D eigenvalue weighted by Gasteiger charge is 2.46. The predicted octanol–water partition coefficient (Wildman–Crippen LogP) is -0.794. The molecule has 12 heteroatoms. The van der Waals surface area contributed by atoms with Gasteiger partial charge in [-0.25, -0.2) is 15.0 Å². The molecule has 0 bridgehead atoms. The predicted molar refractivity (Wildman–Crippen MR) is 123 cm³/mol. The first-order chi connectivity index (χ1) is 16.3. The summed E-state index contributed by atoms with van der Waals surface area (Å²) in [6.07, 6.45) is 0.250. The van der Waals surface area contributed by atoms with Crippen LogP contribution in [-0.4, -0.2) is 87.7 Å². The van der Waals surface area contributed by atoms with Crippen molar-refractivity contribution in [3.05, 3.63) is 42.5 Å². The topological polar surface area (TPSA) is 161 Å². The summed E-state index contributed by atoms with van der Waals surface area (Å²) in [4.78, 5) is 27.5. The maximum atomic E-state index is 12.8. The van der Waals surface area contributed by atoms with Crippen LogP contribution in [0.15, 0.2) is 36.9 Å². The number of ether oxygens (including phenoxy) is 2. The molecule has 1 amide bonds. The molecule has 1 aliphatic rings. The lowest BCUT2D eigenvalue weighted by atomic mass is 10.0. The quantitative estimate of drug-likeness (QED) is 0.328. The number of rotatable bonds is 8. The summed E-state index contributed by atoms with van der Waals surface area (Å²) in [5.74, 6) is 0.861. The molecule has 1 aromatic carbocycles. The Balaban J connectivity index is 1.49. The van der Waals surface area contributed by atoms with E-state index in [2.05, 4.69) is 20.3 Å². The third kappa shape index (κ3) is 4.53. The molecule has 2 aromatic heterocycles. The number of hydrogen-bond acceptors (Lipinski definition) is 10. The highest BCUT2D eigenvalue weighted by molar-refractivity contribution is 5.83. The van der Waals surface area contributed by atoms with Crippen molar-refractivity contribution in [1.29, 1.82) is 0 Å². The van der Waals surface area contributed by atoms with E-state index in [1.165, 1.54) is 12.7 Å². The number of fused-ring (bicyclic) bond motifs is 1. The van der Waals surface area contributed by atoms with Gasteiger partial charge >= 0.3 is 0 Å². The van der Waals surface area contributed by atoms with E-state index in [1.54, 1.807) is 28.7 Å². The van der Waals surface area contributed by atoms with Crippen molar-refractivity contribution in [2.75, 3.05) is 32.7 Å². The summed E-state index contributed by atoms with van der Waals surface area (Å²) in [5, 5.41) is 23.6. The summed E-state index contributed by atoms with van der Waals surface area (Å²) in [6, 6.07) is 5.52. The number of aliphatic hydroxyl groups is 2. The van der Waals surface area contributed by atoms with E-state index >= 15 is 0 Å². The summed E-state index contributed by atoms with van der Waals surface area (Å²) in [5.41, 5.74) is 7.98. The van der Waals surface area contributed by atoms with E-state index < -0.39 is 43.0 Å². The van der Waals surface area contributed by atoms with Gasteiger partial charge in [-0.1, -0.05) is 12.1 Å². The zero-order valence-electron chi connectivity index (χ0n) is 19.2. The van der Waals surface area contributed by atoms with Crippen LogP contribution in [0.1, 0.15) is 11.8 Å². The third-order valence-electron chi connectivity index (χ3n) is 5.85. The Hall–Kier alpha value is -3.32. The van der Waals surface area contributed by atoms with E-state index in [0.29, 0.717) is 29.2 Å². The number of nitrogens with one attached hydrogen (secondary N) is 1. The summed E-state index contributed by atoms with van der Waals surface area (Å²) >= 11 is 0. The van der Waals surface area contributed by atoms with Crippen LogP contribution in [0.4, 0.5) is 5.82 Å². The molecule has 3 heterocycles. The van der Waals surface area contributed by atoms with E-state index in [9.17, 15) is 15.0 Å². The number of amides is 1. The lowest BCUT2D eigenvalue weighted by molar-refractivity contribution is -0.124. The molecule has 4 rings (SSSR count). The minimum atomic E-state index is -1.18. The average molecular weight is 472 g/mol. The molecule has 1 unspecified atom stereocenters. The van der Waals surface area contributed by atoms with Crippen LogP contribution in [0, 0.1) is 0 Å². The van der Waals surface area contributed by atoms with Crippen LogP contribution in [0.3, 0.4) is 0 Å². The largest absolute Gasteiger partial charge is 0.497 e. The second kappa shape index (κ2) is 9.89. The van der Waals surface area contributed by atoms with Crippen molar-refractivity contribution in [3.63, 3.8) is 0 Å². The second-order valence-electron chi connectivity index (χ2n) is 8.35. The van der Waals surface area contributed by atoms with Gasteiger partial charge in [0.25, 0.3) is 0 Å². The van der Waals surface area contributed by atoms with E-state index in [1.807, 2.05) is 26.2 Å². The van der Waals surface area contributed by atoms with Gasteiger partial charge in [0.2, 0.25) is 5.91 Å². The summed E-state index contributed by atoms with van der Waals surface area (Å²) in [6.45, 7) is -0.406. The second-order valence-corrected chi connectivity index (χ2v) is 8.35. The summed E-state index contributed by atoms with van der Waals surface area (Å²) in [7, 11) is 5.25. The molecule has 182 valence electrons. The van der Waals surface area contributed by atoms with Crippen molar-refractivity contribution in [3.8, 4) is 5.75 Å². The van der Waals surface area contributed by atoms with Crippen molar-refractivity contribution in [2.24, 2.45) is 5.73 Å². The molecular weight excluding hydrogens is 442 g/mol. The van der Waals surface area contributed by atoms with Crippen LogP contribution in [0.2, 0.25) is 0 Å². The minimum absolute atomic E-state index is 0.295. The number of carbonyl (C=O) groups excluding carboxylic acids is 1. The molecule has 12 nitrogen and oxygen atoms in total. The lowest BCUT2D eigenvalue weighted by Crippen LogP contribution is -2.53. The van der Waals surface area contributed by atoms with Crippen molar-refractivity contribution in [1.82, 2.24) is 24.8 Å². The Morgan fingerprint density at radius 2 is 2.03 bits per heavy atom. The first-order valence-electron chi connectivity index (χ1n) is 10.8. The van der Waals surface area contributed by atoms with Gasteiger partial charge in [-0.15, -0.1) is 0 Å². The number of hydrogen-bond donors (Lipinski definition) is 4. The monoisotopic (exact) mass is 471 g/mol. The number of nitrogens with zero attached hydrogens (tertiary/aromatic N) is 5. The molecule has 0 spiro atoms. The molecule has 1 saturated heterocycles. The molecule has 0 saturated carbocycles. The van der Waals surface area contributed by atoms with Gasteiger partial charge in [0.15, 0.2) is 23.2 Å². The smallest absolute Gasteiger partial charge is 0.237 e. The number of methoxy groups -OCH3 is 1. The average Bonchev–Trinajstić information content (AvgIpc) is 3.40. The molecule has 0 aliphatic carbocycles. The molecule has 1 fully saturated rings. The molecule has 5 N–H and O–H groups in total. The highest BCUT2D eigenvalue weighted by atomic mass is 16.5. The normalized spacial score (nSPS) is 23.1. The van der Waals surface area contributed by atoms with Gasteiger partial charge in [-0.3, -0.25) is 9.36 Å². The number of aromatic nitrogens is 4. The molecule has 0 radical (unpaired) electrons. The SMILES string of the molecule is COc1ccc(CC(N)C(=O)N[C@H]2[C@@H](O)[C@H](n3cnc4c(N(C)C)ncnc43)O[C@@H]2CO)cc1. The Kier molecular flexibility index (Phi) is 6.93. The number of imidazole rings is 1. The Labute approximate surface area is 196 Å². The van der Waals surface area contributed by atoms with Crippen LogP contribution < -0.4 is 20.7 Å². The number of anilines is 1. The maximum absolute atomic E-state index is 12.8. The first-order valence-corrected chi connectivity index (χ1v) is 10.8. The number of carbonyl (C=O) groups is 1. The highest BCUT2D eigenvalue weighted by Crippen LogP contribution is 2.32. The summed E-state index contributed by atoms with van der Waals surface area (Å²) < 4.78 is 12.6. The standard InChI is InChI=1S/C22H29N7O5/c1-28(2)19-17-20(25-10-24-19)29(11-26-17)22-18(31)16(15(9-30)34-22)27-21(32)14(23)8-12-4-6-13(33-3)7-5-12/h4-7,10-11,14-16,18,22,30-31H,8-9,23H2,1-3H3,(H,27,32)/t14?,15-,16-,18-,22-/m1/s1. The maximum Gasteiger partial charge on any atom is 0.237 e. The van der Waals surface area contributed by atoms with Crippen LogP contribution in [0.5, 0.6) is 5.75 Å². The van der Waals surface area contributed by atoms with Crippen LogP contribution in [-0.2, 0) is 16.0 Å². The van der Waals surface area contributed by atoms with Gasteiger partial charge < -0.3 is 35.6 Å². The zero-order chi connectivity index (χ0) is 24.4. The van der Waals surface area contributed by atoms with Gasteiger partial charge in [0.05, 0.1) is 32.1 Å². The van der Waals surface area contributed by atoms with Crippen LogP contribution >= 0.6 is 0 Å². The Morgan fingerprint density at radius 1 is 1.29 bits per heavy atom. The fourth-order valence-electron chi connectivity index (χ4n) is 4.04. The molecule has 1 aliphatic heterocycles. The minimum Gasteiger partial charge on any atom is -0.497 e. The van der Waals surface area contributed by atoms with Crippen molar-refractivity contribution >= 4 is 22.9 Å². The van der Waals surface area contributed by atoms with Crippen molar-refractivity contribution in [2.45, 2.75) is 36.9 Å². The van der Waals surface area contributed by atoms with Gasteiger partial charge in [0, 0.05) is 14.1 Å². The molecule has 3 aromatic rings.